The molecular weight excluding hydrogens is 377 g/mol. The topological polar surface area (TPSA) is 114 Å². The van der Waals surface area contributed by atoms with Crippen molar-refractivity contribution in [2.75, 3.05) is 0 Å². The Morgan fingerprint density at radius 2 is 0.789 bits per heavy atom. The molecule has 0 aliphatic carbocycles. The normalized spacial score (nSPS) is 10.4. The summed E-state index contributed by atoms with van der Waals surface area (Å²) >= 11 is 0. The van der Waals surface area contributed by atoms with E-state index >= 15 is 0 Å². The Kier molecular flexibility index (Phi) is 11.2. The molecule has 0 amide bonds. The van der Waals surface area contributed by atoms with Crippen LogP contribution in [0.4, 0.5) is 0 Å². The van der Waals surface area contributed by atoms with Gasteiger partial charge in [0.1, 0.15) is 11.9 Å². The molecule has 0 fully saturated rings. The summed E-state index contributed by atoms with van der Waals surface area (Å²) in [4.78, 5) is 40.8. The van der Waals surface area contributed by atoms with E-state index in [2.05, 4.69) is 0 Å². The minimum atomic E-state index is -1.61. The summed E-state index contributed by atoms with van der Waals surface area (Å²) in [5.74, 6) is -4.94. The van der Waals surface area contributed by atoms with E-state index in [1.807, 2.05) is 0 Å². The summed E-state index contributed by atoms with van der Waals surface area (Å²) in [6.45, 7) is 9.20. The zero-order valence-corrected chi connectivity index (χ0v) is 16.6. The smallest absolute Gasteiger partial charge is 0.542 e. The summed E-state index contributed by atoms with van der Waals surface area (Å²) in [5.41, 5.74) is -1.64. The van der Waals surface area contributed by atoms with Gasteiger partial charge in [-0.2, -0.15) is 0 Å². The molecule has 0 aromatic carbocycles. The molecule has 0 heterocycles. The number of ketones is 2. The van der Waals surface area contributed by atoms with Crippen molar-refractivity contribution in [2.24, 2.45) is 10.8 Å². The molecule has 0 atom stereocenters. The summed E-state index contributed by atoms with van der Waals surface area (Å²) in [6.07, 6.45) is 0. The van der Waals surface area contributed by atoms with Crippen molar-refractivity contribution in [3.8, 4) is 0 Å². The molecule has 19 heavy (non-hydrogen) atoms. The number of aliphatic carboxylic acids is 2. The van der Waals surface area contributed by atoms with Crippen molar-refractivity contribution in [1.29, 1.82) is 0 Å². The average molecular weight is 396 g/mol. The van der Waals surface area contributed by atoms with Gasteiger partial charge in [-0.25, -0.2) is 0 Å². The van der Waals surface area contributed by atoms with E-state index in [1.54, 1.807) is 0 Å². The standard InChI is InChI=1S/2C6H10O3.Ba/c2*1-6(2,3)4(7)5(8)9;/h2*1-3H3,(H,8,9);/q;;+2/p-2. The van der Waals surface area contributed by atoms with Crippen LogP contribution in [0.25, 0.3) is 0 Å². The van der Waals surface area contributed by atoms with Crippen molar-refractivity contribution in [3.63, 3.8) is 0 Å². The summed E-state index contributed by atoms with van der Waals surface area (Å²) in [7, 11) is 0. The molecule has 0 saturated carbocycles. The van der Waals surface area contributed by atoms with Crippen LogP contribution in [0, 0.1) is 10.8 Å². The third kappa shape index (κ3) is 11.4. The van der Waals surface area contributed by atoms with Crippen LogP contribution in [-0.2, 0) is 19.2 Å². The molecule has 0 bridgehead atoms. The zero-order chi connectivity index (χ0) is 15.3. The predicted octanol–water partition coefficient (Wildman–Crippen LogP) is -1.68. The first kappa shape index (κ1) is 23.9. The van der Waals surface area contributed by atoms with Crippen molar-refractivity contribution in [3.05, 3.63) is 0 Å². The number of hydrogen-bond acceptors (Lipinski definition) is 6. The van der Waals surface area contributed by atoms with Gasteiger partial charge in [0.15, 0.2) is 11.6 Å². The van der Waals surface area contributed by atoms with E-state index in [0.29, 0.717) is 0 Å². The second-order valence-electron chi connectivity index (χ2n) is 5.73. The molecule has 0 aliphatic rings. The van der Waals surface area contributed by atoms with Gasteiger partial charge in [-0.05, 0) is 0 Å². The van der Waals surface area contributed by atoms with Gasteiger partial charge < -0.3 is 19.8 Å². The second-order valence-corrected chi connectivity index (χ2v) is 5.73. The monoisotopic (exact) mass is 396 g/mol. The van der Waals surface area contributed by atoms with Gasteiger partial charge in [0, 0.05) is 10.8 Å². The number of carboxylic acid groups (broad SMARTS) is 2. The fraction of sp³-hybridized carbons (Fsp3) is 0.667. The average Bonchev–Trinajstić information content (AvgIpc) is 2.13. The first-order valence-corrected chi connectivity index (χ1v) is 5.22. The maximum Gasteiger partial charge on any atom is 2.00 e. The summed E-state index contributed by atoms with van der Waals surface area (Å²) in [5, 5.41) is 19.8. The third-order valence-corrected chi connectivity index (χ3v) is 1.73. The predicted molar refractivity (Wildman–Crippen MR) is 64.7 cm³/mol. The fourth-order valence-corrected chi connectivity index (χ4v) is 0.612. The molecule has 7 heteroatoms. The molecule has 0 radical (unpaired) electrons. The number of carbonyl (C=O) groups is 4. The number of hydrogen-bond donors (Lipinski definition) is 0. The van der Waals surface area contributed by atoms with Gasteiger partial charge in [-0.1, -0.05) is 41.5 Å². The van der Waals surface area contributed by atoms with Crippen LogP contribution in [0.15, 0.2) is 0 Å². The minimum absolute atomic E-state index is 0. The van der Waals surface area contributed by atoms with Crippen molar-refractivity contribution >= 4 is 72.4 Å². The van der Waals surface area contributed by atoms with E-state index in [0.717, 1.165) is 0 Å². The van der Waals surface area contributed by atoms with Crippen LogP contribution in [0.3, 0.4) is 0 Å². The number of rotatable bonds is 2. The first-order chi connectivity index (χ1) is 7.71. The van der Waals surface area contributed by atoms with Gasteiger partial charge in [0.25, 0.3) is 0 Å². The Labute approximate surface area is 153 Å². The molecule has 0 aromatic heterocycles. The number of carbonyl (C=O) groups excluding carboxylic acids is 4. The molecule has 0 spiro atoms. The third-order valence-electron chi connectivity index (χ3n) is 1.73. The van der Waals surface area contributed by atoms with Gasteiger partial charge >= 0.3 is 48.9 Å². The molecule has 104 valence electrons. The van der Waals surface area contributed by atoms with Gasteiger partial charge in [-0.3, -0.25) is 9.59 Å². The molecular formula is C12H18BaO6. The molecule has 0 N–H and O–H groups in total. The first-order valence-electron chi connectivity index (χ1n) is 5.22. The van der Waals surface area contributed by atoms with E-state index in [9.17, 15) is 29.4 Å². The second kappa shape index (κ2) is 8.91. The van der Waals surface area contributed by atoms with E-state index < -0.39 is 34.3 Å². The van der Waals surface area contributed by atoms with Crippen LogP contribution >= 0.6 is 0 Å². The Morgan fingerprint density at radius 3 is 0.789 bits per heavy atom. The maximum atomic E-state index is 10.5. The van der Waals surface area contributed by atoms with Crippen LogP contribution in [0.2, 0.25) is 0 Å². The largest absolute Gasteiger partial charge is 2.00 e. The Hall–Kier alpha value is -0.149. The molecule has 6 nitrogen and oxygen atoms in total. The van der Waals surface area contributed by atoms with E-state index in [4.69, 9.17) is 0 Å². The fourth-order valence-electron chi connectivity index (χ4n) is 0.612. The number of carboxylic acids is 2. The Bertz CT molecular complexity index is 323. The van der Waals surface area contributed by atoms with E-state index in [-0.39, 0.29) is 48.9 Å². The zero-order valence-electron chi connectivity index (χ0n) is 12.2. The number of Topliss-reactive ketones (excluding diaryl/α,β-unsaturated/α-hetero) is 2. The van der Waals surface area contributed by atoms with Crippen molar-refractivity contribution < 1.29 is 29.4 Å². The van der Waals surface area contributed by atoms with Crippen LogP contribution in [0.1, 0.15) is 41.5 Å². The van der Waals surface area contributed by atoms with Crippen LogP contribution in [0.5, 0.6) is 0 Å². The molecule has 0 aromatic rings. The summed E-state index contributed by atoms with van der Waals surface area (Å²) < 4.78 is 0. The molecule has 0 rings (SSSR count). The SMILES string of the molecule is CC(C)(C)C(=O)C(=O)[O-].CC(C)(C)C(=O)C(=O)[O-].[Ba+2]. The Morgan fingerprint density at radius 1 is 0.632 bits per heavy atom. The van der Waals surface area contributed by atoms with Gasteiger partial charge in [0.2, 0.25) is 0 Å². The van der Waals surface area contributed by atoms with Crippen LogP contribution in [-0.4, -0.2) is 72.4 Å². The van der Waals surface area contributed by atoms with E-state index in [1.165, 1.54) is 41.5 Å². The van der Waals surface area contributed by atoms with Crippen molar-refractivity contribution in [1.82, 2.24) is 0 Å². The Balaban J connectivity index is -0.000000256. The minimum Gasteiger partial charge on any atom is -0.542 e. The molecule has 0 aliphatic heterocycles. The van der Waals surface area contributed by atoms with Gasteiger partial charge in [0.05, 0.1) is 0 Å². The summed E-state index contributed by atoms with van der Waals surface area (Å²) in [6, 6.07) is 0. The quantitative estimate of drug-likeness (QED) is 0.408. The molecule has 0 saturated heterocycles. The van der Waals surface area contributed by atoms with Gasteiger partial charge in [-0.15, -0.1) is 0 Å². The van der Waals surface area contributed by atoms with Crippen molar-refractivity contribution in [2.45, 2.75) is 41.5 Å². The maximum absolute atomic E-state index is 10.5. The molecule has 0 unspecified atom stereocenters. The van der Waals surface area contributed by atoms with Crippen LogP contribution < -0.4 is 10.2 Å².